The van der Waals surface area contributed by atoms with Crippen molar-refractivity contribution in [2.75, 3.05) is 0 Å². The van der Waals surface area contributed by atoms with Crippen LogP contribution in [0.3, 0.4) is 0 Å². The first-order valence-corrected chi connectivity index (χ1v) is 6.17. The second-order valence-corrected chi connectivity index (χ2v) is 4.61. The quantitative estimate of drug-likeness (QED) is 0.790. The van der Waals surface area contributed by atoms with Crippen LogP contribution < -0.4 is 5.73 Å². The molecule has 4 nitrogen and oxygen atoms in total. The Labute approximate surface area is 118 Å². The molecule has 108 valence electrons. The van der Waals surface area contributed by atoms with Gasteiger partial charge in [-0.1, -0.05) is 12.1 Å². The van der Waals surface area contributed by atoms with Gasteiger partial charge in [-0.25, -0.2) is 4.52 Å². The molecule has 2 aromatic heterocycles. The zero-order valence-corrected chi connectivity index (χ0v) is 10.7. The lowest BCUT2D eigenvalue weighted by atomic mass is 9.99. The first kappa shape index (κ1) is 13.6. The molecule has 0 aliphatic carbocycles. The molecule has 1 aromatic carbocycles. The van der Waals surface area contributed by atoms with E-state index in [0.29, 0.717) is 16.6 Å². The van der Waals surface area contributed by atoms with Crippen LogP contribution >= 0.6 is 0 Å². The van der Waals surface area contributed by atoms with E-state index in [0.717, 1.165) is 12.1 Å². The standard InChI is InChI=1S/C14H11F3N4/c15-14(16,17)10-3-1-2-9(6-10)13(18)11-7-20-21-5-4-19-8-12(11)21/h1-8,13H,18H2. The van der Waals surface area contributed by atoms with Crippen molar-refractivity contribution < 1.29 is 13.2 Å². The molecule has 3 rings (SSSR count). The number of nitrogens with two attached hydrogens (primary N) is 1. The molecular formula is C14H11F3N4. The lowest BCUT2D eigenvalue weighted by molar-refractivity contribution is -0.137. The summed E-state index contributed by atoms with van der Waals surface area (Å²) in [6.07, 6.45) is 1.95. The molecule has 0 aliphatic heterocycles. The fourth-order valence-corrected chi connectivity index (χ4v) is 2.18. The van der Waals surface area contributed by atoms with Crippen LogP contribution in [0.1, 0.15) is 22.7 Å². The van der Waals surface area contributed by atoms with Crippen molar-refractivity contribution in [2.24, 2.45) is 5.73 Å². The van der Waals surface area contributed by atoms with E-state index in [1.807, 2.05) is 0 Å². The van der Waals surface area contributed by atoms with Gasteiger partial charge in [-0.15, -0.1) is 0 Å². The number of hydrogen-bond acceptors (Lipinski definition) is 3. The highest BCUT2D eigenvalue weighted by molar-refractivity contribution is 5.55. The summed E-state index contributed by atoms with van der Waals surface area (Å²) in [6, 6.07) is 4.30. The van der Waals surface area contributed by atoms with Gasteiger partial charge in [0.05, 0.1) is 29.5 Å². The van der Waals surface area contributed by atoms with E-state index >= 15 is 0 Å². The SMILES string of the molecule is NC(c1cccc(C(F)(F)F)c1)c1cnn2ccncc12. The molecule has 0 saturated carbocycles. The third-order valence-corrected chi connectivity index (χ3v) is 3.26. The van der Waals surface area contributed by atoms with Gasteiger partial charge in [-0.3, -0.25) is 4.98 Å². The van der Waals surface area contributed by atoms with E-state index in [4.69, 9.17) is 5.73 Å². The Balaban J connectivity index is 2.04. The summed E-state index contributed by atoms with van der Waals surface area (Å²) in [5.74, 6) is 0. The van der Waals surface area contributed by atoms with Crippen molar-refractivity contribution >= 4 is 5.52 Å². The first-order chi connectivity index (χ1) is 9.97. The molecule has 21 heavy (non-hydrogen) atoms. The fraction of sp³-hybridized carbons (Fsp3) is 0.143. The van der Waals surface area contributed by atoms with E-state index < -0.39 is 17.8 Å². The number of nitrogens with zero attached hydrogens (tertiary/aromatic N) is 3. The van der Waals surface area contributed by atoms with Gasteiger partial charge in [0.25, 0.3) is 0 Å². The molecule has 0 radical (unpaired) electrons. The molecule has 0 spiro atoms. The number of aromatic nitrogens is 3. The van der Waals surface area contributed by atoms with E-state index in [1.54, 1.807) is 35.4 Å². The molecular weight excluding hydrogens is 281 g/mol. The molecule has 1 atom stereocenters. The number of hydrogen-bond donors (Lipinski definition) is 1. The van der Waals surface area contributed by atoms with Crippen molar-refractivity contribution in [1.29, 1.82) is 0 Å². The molecule has 2 heterocycles. The van der Waals surface area contributed by atoms with Gasteiger partial charge < -0.3 is 5.73 Å². The van der Waals surface area contributed by atoms with E-state index in [2.05, 4.69) is 10.1 Å². The van der Waals surface area contributed by atoms with Crippen LogP contribution in [0.25, 0.3) is 5.52 Å². The third kappa shape index (κ3) is 2.47. The van der Waals surface area contributed by atoms with Gasteiger partial charge in [-0.05, 0) is 17.7 Å². The molecule has 0 aliphatic rings. The summed E-state index contributed by atoms with van der Waals surface area (Å²) in [4.78, 5) is 3.98. The summed E-state index contributed by atoms with van der Waals surface area (Å²) >= 11 is 0. The Bertz CT molecular complexity index is 779. The number of rotatable bonds is 2. The van der Waals surface area contributed by atoms with Crippen molar-refractivity contribution in [3.8, 4) is 0 Å². The van der Waals surface area contributed by atoms with Crippen molar-refractivity contribution in [3.63, 3.8) is 0 Å². The lowest BCUT2D eigenvalue weighted by Crippen LogP contribution is -2.13. The van der Waals surface area contributed by atoms with Crippen molar-refractivity contribution in [2.45, 2.75) is 12.2 Å². The Morgan fingerprint density at radius 2 is 2.00 bits per heavy atom. The zero-order valence-electron chi connectivity index (χ0n) is 10.7. The van der Waals surface area contributed by atoms with Gasteiger partial charge in [-0.2, -0.15) is 18.3 Å². The summed E-state index contributed by atoms with van der Waals surface area (Å²) in [5.41, 5.74) is 7.05. The Hall–Kier alpha value is -2.41. The minimum atomic E-state index is -4.39. The average molecular weight is 292 g/mol. The normalized spacial score (nSPS) is 13.5. The second kappa shape index (κ2) is 4.85. The highest BCUT2D eigenvalue weighted by Crippen LogP contribution is 2.32. The first-order valence-electron chi connectivity index (χ1n) is 6.17. The van der Waals surface area contributed by atoms with Crippen LogP contribution in [0.5, 0.6) is 0 Å². The monoisotopic (exact) mass is 292 g/mol. The van der Waals surface area contributed by atoms with Gasteiger partial charge >= 0.3 is 6.18 Å². The van der Waals surface area contributed by atoms with Crippen molar-refractivity contribution in [1.82, 2.24) is 14.6 Å². The van der Waals surface area contributed by atoms with Crippen molar-refractivity contribution in [3.05, 3.63) is 65.7 Å². The topological polar surface area (TPSA) is 56.2 Å². The molecule has 0 fully saturated rings. The van der Waals surface area contributed by atoms with Gasteiger partial charge in [0, 0.05) is 18.0 Å². The Kier molecular flexibility index (Phi) is 3.13. The lowest BCUT2D eigenvalue weighted by Gasteiger charge is -2.13. The average Bonchev–Trinajstić information content (AvgIpc) is 2.90. The van der Waals surface area contributed by atoms with Crippen LogP contribution in [-0.2, 0) is 6.18 Å². The smallest absolute Gasteiger partial charge is 0.320 e. The van der Waals surface area contributed by atoms with E-state index in [-0.39, 0.29) is 0 Å². The fourth-order valence-electron chi connectivity index (χ4n) is 2.18. The number of fused-ring (bicyclic) bond motifs is 1. The molecule has 7 heteroatoms. The number of alkyl halides is 3. The number of halogens is 3. The van der Waals surface area contributed by atoms with Gasteiger partial charge in [0.15, 0.2) is 0 Å². The highest BCUT2D eigenvalue weighted by atomic mass is 19.4. The minimum Gasteiger partial charge on any atom is -0.320 e. The predicted octanol–water partition coefficient (Wildman–Crippen LogP) is 2.80. The molecule has 0 amide bonds. The number of benzene rings is 1. The Morgan fingerprint density at radius 3 is 2.76 bits per heavy atom. The van der Waals surface area contributed by atoms with Crippen LogP contribution in [0.4, 0.5) is 13.2 Å². The third-order valence-electron chi connectivity index (χ3n) is 3.26. The van der Waals surface area contributed by atoms with Gasteiger partial charge in [0.1, 0.15) is 0 Å². The maximum atomic E-state index is 12.8. The summed E-state index contributed by atoms with van der Waals surface area (Å²) in [7, 11) is 0. The Morgan fingerprint density at radius 1 is 1.19 bits per heavy atom. The second-order valence-electron chi connectivity index (χ2n) is 4.61. The highest BCUT2D eigenvalue weighted by Gasteiger charge is 2.31. The maximum absolute atomic E-state index is 12.8. The zero-order chi connectivity index (χ0) is 15.0. The molecule has 2 N–H and O–H groups in total. The molecule has 0 bridgehead atoms. The van der Waals surface area contributed by atoms with E-state index in [1.165, 1.54) is 6.07 Å². The molecule has 3 aromatic rings. The summed E-state index contributed by atoms with van der Waals surface area (Å²) < 4.78 is 39.9. The summed E-state index contributed by atoms with van der Waals surface area (Å²) in [6.45, 7) is 0. The van der Waals surface area contributed by atoms with Gasteiger partial charge in [0.2, 0.25) is 0 Å². The van der Waals surface area contributed by atoms with Crippen LogP contribution in [0, 0.1) is 0 Å². The van der Waals surface area contributed by atoms with Crippen LogP contribution in [0.2, 0.25) is 0 Å². The maximum Gasteiger partial charge on any atom is 0.416 e. The molecule has 0 saturated heterocycles. The molecule has 1 unspecified atom stereocenters. The van der Waals surface area contributed by atoms with E-state index in [9.17, 15) is 13.2 Å². The summed E-state index contributed by atoms with van der Waals surface area (Å²) in [5, 5.41) is 4.11. The minimum absolute atomic E-state index is 0.378. The predicted molar refractivity (Wildman–Crippen MR) is 70.5 cm³/mol. The van der Waals surface area contributed by atoms with Crippen LogP contribution in [0.15, 0.2) is 49.1 Å². The largest absolute Gasteiger partial charge is 0.416 e. The van der Waals surface area contributed by atoms with Crippen LogP contribution in [-0.4, -0.2) is 14.6 Å².